The quantitative estimate of drug-likeness (QED) is 0.0573. The summed E-state index contributed by atoms with van der Waals surface area (Å²) in [6.07, 6.45) is 22.7. The van der Waals surface area contributed by atoms with Crippen LogP contribution in [0.4, 0.5) is 0 Å². The monoisotopic (exact) mass is 658 g/mol. The topological polar surface area (TPSA) is 108 Å². The fraction of sp³-hybridized carbons (Fsp3) is 0.600. The van der Waals surface area contributed by atoms with E-state index in [4.69, 9.17) is 14.5 Å². The Morgan fingerprint density at radius 1 is 0.854 bits per heavy atom. The molecule has 1 aromatic carbocycles. The first-order chi connectivity index (χ1) is 23.4. The third-order valence-electron chi connectivity index (χ3n) is 10.2. The number of esters is 2. The van der Waals surface area contributed by atoms with E-state index in [1.54, 1.807) is 23.6 Å². The standard InChI is InChI=1S/C40H54N2O6/c1-3-5-6-7-8-9-10-11-12-13-14-15-16-17-18-19-20-21-36(43)48-31-22-23-34-29(25-31)24-30-27-42-35(37(30)41-34)26-33-32(38(42)44)28-47-39(45)40(33,46)4-2/h22-26,46H,3-21,27-28H2,1-2H3/t40-/m0/s1. The van der Waals surface area contributed by atoms with E-state index >= 15 is 0 Å². The minimum atomic E-state index is -1.85. The van der Waals surface area contributed by atoms with Crippen LogP contribution in [-0.4, -0.2) is 26.6 Å². The Kier molecular flexibility index (Phi) is 12.8. The number of nitrogens with zero attached hydrogens (tertiary/aromatic N) is 2. The maximum atomic E-state index is 13.4. The van der Waals surface area contributed by atoms with Gasteiger partial charge in [-0.3, -0.25) is 9.59 Å². The highest BCUT2D eigenvalue weighted by atomic mass is 16.6. The van der Waals surface area contributed by atoms with Crippen LogP contribution in [0, 0.1) is 0 Å². The third-order valence-corrected chi connectivity index (χ3v) is 10.2. The van der Waals surface area contributed by atoms with Crippen molar-refractivity contribution in [2.45, 2.75) is 155 Å². The van der Waals surface area contributed by atoms with Gasteiger partial charge in [-0.05, 0) is 43.2 Å². The summed E-state index contributed by atoms with van der Waals surface area (Å²) in [6, 6.07) is 9.04. The maximum Gasteiger partial charge on any atom is 0.343 e. The first-order valence-electron chi connectivity index (χ1n) is 18.7. The highest BCUT2D eigenvalue weighted by Gasteiger charge is 2.45. The van der Waals surface area contributed by atoms with Crippen LogP contribution in [0.25, 0.3) is 22.3 Å². The SMILES string of the molecule is CCCCCCCCCCCCCCCCCCCC(=O)Oc1ccc2nc3c(cc2c1)Cn1c-3cc2c(c1=O)COC(=O)[C@]2(O)CC. The molecule has 0 saturated carbocycles. The largest absolute Gasteiger partial charge is 0.458 e. The molecule has 0 fully saturated rings. The molecule has 2 aromatic heterocycles. The number of aromatic nitrogens is 2. The summed E-state index contributed by atoms with van der Waals surface area (Å²) in [4.78, 5) is 43.2. The van der Waals surface area contributed by atoms with Gasteiger partial charge >= 0.3 is 11.9 Å². The molecule has 2 aliphatic rings. The number of fused-ring (bicyclic) bond motifs is 5. The summed E-state index contributed by atoms with van der Waals surface area (Å²) < 4.78 is 12.4. The first-order valence-corrected chi connectivity index (χ1v) is 18.7. The van der Waals surface area contributed by atoms with Crippen molar-refractivity contribution in [1.82, 2.24) is 9.55 Å². The second-order valence-electron chi connectivity index (χ2n) is 13.8. The molecule has 0 aliphatic carbocycles. The lowest BCUT2D eigenvalue weighted by Crippen LogP contribution is -2.44. The normalized spacial score (nSPS) is 16.4. The van der Waals surface area contributed by atoms with Crippen molar-refractivity contribution in [1.29, 1.82) is 0 Å². The molecule has 3 aromatic rings. The number of ether oxygens (including phenoxy) is 2. The first kappa shape index (κ1) is 35.8. The van der Waals surface area contributed by atoms with Gasteiger partial charge in [0, 0.05) is 22.9 Å². The number of hydrogen-bond donors (Lipinski definition) is 1. The van der Waals surface area contributed by atoms with E-state index in [0.717, 1.165) is 30.2 Å². The predicted molar refractivity (Wildman–Crippen MR) is 189 cm³/mol. The fourth-order valence-electron chi connectivity index (χ4n) is 7.20. The van der Waals surface area contributed by atoms with Gasteiger partial charge in [0.05, 0.1) is 29.0 Å². The van der Waals surface area contributed by atoms with E-state index < -0.39 is 11.6 Å². The lowest BCUT2D eigenvalue weighted by atomic mass is 9.86. The smallest absolute Gasteiger partial charge is 0.343 e. The Morgan fingerprint density at radius 3 is 2.06 bits per heavy atom. The predicted octanol–water partition coefficient (Wildman–Crippen LogP) is 9.03. The lowest BCUT2D eigenvalue weighted by molar-refractivity contribution is -0.172. The van der Waals surface area contributed by atoms with E-state index in [-0.39, 0.29) is 24.6 Å². The second-order valence-corrected chi connectivity index (χ2v) is 13.8. The summed E-state index contributed by atoms with van der Waals surface area (Å²) in [5.74, 6) is -0.485. The molecule has 0 bridgehead atoms. The minimum Gasteiger partial charge on any atom is -0.458 e. The number of benzene rings is 1. The van der Waals surface area contributed by atoms with Gasteiger partial charge in [0.1, 0.15) is 12.4 Å². The minimum absolute atomic E-state index is 0.0980. The number of rotatable bonds is 20. The second kappa shape index (κ2) is 17.2. The van der Waals surface area contributed by atoms with E-state index in [1.807, 2.05) is 18.2 Å². The van der Waals surface area contributed by atoms with Crippen molar-refractivity contribution in [2.24, 2.45) is 0 Å². The molecule has 8 nitrogen and oxygen atoms in total. The van der Waals surface area contributed by atoms with Gasteiger partial charge in [-0.2, -0.15) is 0 Å². The summed E-state index contributed by atoms with van der Waals surface area (Å²) in [5, 5.41) is 11.9. The van der Waals surface area contributed by atoms with E-state index in [9.17, 15) is 19.5 Å². The van der Waals surface area contributed by atoms with Crippen LogP contribution in [0.5, 0.6) is 5.75 Å². The van der Waals surface area contributed by atoms with Gasteiger partial charge in [-0.1, -0.05) is 117 Å². The molecule has 0 saturated heterocycles. The van der Waals surface area contributed by atoms with E-state index in [0.29, 0.717) is 46.7 Å². The van der Waals surface area contributed by atoms with Gasteiger partial charge in [-0.25, -0.2) is 9.78 Å². The molecule has 1 N–H and O–H groups in total. The molecule has 0 unspecified atom stereocenters. The van der Waals surface area contributed by atoms with Crippen LogP contribution < -0.4 is 10.3 Å². The Morgan fingerprint density at radius 2 is 1.46 bits per heavy atom. The average molecular weight is 659 g/mol. The number of unbranched alkanes of at least 4 members (excludes halogenated alkanes) is 16. The molecule has 4 heterocycles. The van der Waals surface area contributed by atoms with Gasteiger partial charge in [-0.15, -0.1) is 0 Å². The molecule has 2 aliphatic heterocycles. The highest BCUT2D eigenvalue weighted by Crippen LogP contribution is 2.39. The number of aliphatic hydroxyl groups is 1. The van der Waals surface area contributed by atoms with Crippen molar-refractivity contribution >= 4 is 22.8 Å². The average Bonchev–Trinajstić information content (AvgIpc) is 3.44. The number of hydrogen-bond acceptors (Lipinski definition) is 7. The van der Waals surface area contributed by atoms with E-state index in [2.05, 4.69) is 6.92 Å². The zero-order valence-corrected chi connectivity index (χ0v) is 29.1. The lowest BCUT2D eigenvalue weighted by Gasteiger charge is -2.31. The van der Waals surface area contributed by atoms with Crippen molar-refractivity contribution < 1.29 is 24.2 Å². The molecule has 8 heteroatoms. The Labute approximate surface area is 285 Å². The van der Waals surface area contributed by atoms with Crippen molar-refractivity contribution in [2.75, 3.05) is 0 Å². The summed E-state index contributed by atoms with van der Waals surface area (Å²) >= 11 is 0. The molecule has 0 radical (unpaired) electrons. The van der Waals surface area contributed by atoms with Gasteiger partial charge in [0.15, 0.2) is 5.60 Å². The van der Waals surface area contributed by atoms with Crippen LogP contribution in [0.1, 0.15) is 153 Å². The highest BCUT2D eigenvalue weighted by molar-refractivity contribution is 5.87. The number of pyridine rings is 2. The van der Waals surface area contributed by atoms with Crippen LogP contribution in [0.2, 0.25) is 0 Å². The summed E-state index contributed by atoms with van der Waals surface area (Å²) in [5.41, 5.74) is 1.22. The number of cyclic esters (lactones) is 1. The fourth-order valence-corrected chi connectivity index (χ4v) is 7.20. The third kappa shape index (κ3) is 8.55. The molecule has 0 amide bonds. The molecular formula is C40H54N2O6. The molecular weight excluding hydrogens is 604 g/mol. The zero-order chi connectivity index (χ0) is 33.9. The molecule has 1 atom stereocenters. The van der Waals surface area contributed by atoms with Crippen LogP contribution >= 0.6 is 0 Å². The maximum absolute atomic E-state index is 13.4. The summed E-state index contributed by atoms with van der Waals surface area (Å²) in [6.45, 7) is 4.12. The van der Waals surface area contributed by atoms with Gasteiger partial charge in [0.25, 0.3) is 5.56 Å². The van der Waals surface area contributed by atoms with Gasteiger partial charge in [0.2, 0.25) is 0 Å². The number of carbonyl (C=O) groups is 2. The molecule has 5 rings (SSSR count). The summed E-state index contributed by atoms with van der Waals surface area (Å²) in [7, 11) is 0. The van der Waals surface area contributed by atoms with Crippen LogP contribution in [-0.2, 0) is 33.1 Å². The zero-order valence-electron chi connectivity index (χ0n) is 29.1. The van der Waals surface area contributed by atoms with Gasteiger partial charge < -0.3 is 19.1 Å². The molecule has 260 valence electrons. The van der Waals surface area contributed by atoms with Crippen LogP contribution in [0.3, 0.4) is 0 Å². The van der Waals surface area contributed by atoms with Crippen LogP contribution in [0.15, 0.2) is 35.1 Å². The Bertz CT molecular complexity index is 1630. The van der Waals surface area contributed by atoms with Crippen molar-refractivity contribution in [3.05, 3.63) is 57.4 Å². The Hall–Kier alpha value is -3.52. The number of carbonyl (C=O) groups excluding carboxylic acids is 2. The van der Waals surface area contributed by atoms with Crippen molar-refractivity contribution in [3.63, 3.8) is 0 Å². The van der Waals surface area contributed by atoms with Crippen molar-refractivity contribution in [3.8, 4) is 17.1 Å². The molecule has 0 spiro atoms. The van der Waals surface area contributed by atoms with E-state index in [1.165, 1.54) is 89.9 Å². The molecule has 48 heavy (non-hydrogen) atoms. The Balaban J connectivity index is 1.02.